The van der Waals surface area contributed by atoms with Crippen molar-refractivity contribution < 1.29 is 45.9 Å². The van der Waals surface area contributed by atoms with Crippen LogP contribution >= 0.6 is 15.9 Å². The number of hydrogen-bond acceptors (Lipinski definition) is 1. The molecule has 1 aliphatic rings. The van der Waals surface area contributed by atoms with Crippen molar-refractivity contribution in [2.45, 2.75) is 13.3 Å². The fraction of sp³-hybridized carbons (Fsp3) is 0.200. The first-order chi connectivity index (χ1) is 9.40. The average molecular weight is 432 g/mol. The van der Waals surface area contributed by atoms with Crippen LogP contribution in [0.15, 0.2) is 41.0 Å². The Morgan fingerprint density at radius 2 is 2.05 bits per heavy atom. The first kappa shape index (κ1) is 18.7. The molecule has 0 amide bonds. The molecule has 1 aromatic carbocycles. The van der Waals surface area contributed by atoms with Gasteiger partial charge in [0.1, 0.15) is 5.82 Å². The Morgan fingerprint density at radius 1 is 1.38 bits per heavy atom. The fourth-order valence-corrected chi connectivity index (χ4v) is 2.34. The van der Waals surface area contributed by atoms with Gasteiger partial charge in [0.15, 0.2) is 0 Å². The second-order valence-corrected chi connectivity index (χ2v) is 5.25. The van der Waals surface area contributed by atoms with Crippen molar-refractivity contribution in [1.29, 1.82) is 0 Å². The standard InChI is InChI=1S/C15H12BrF3N.Y/c1-9-7-11(17)3-4-12(9)14-6-5-13(16)10(2)20(14)8-15(18)19;/h3-5,7,15H,2,8H2,1H3;/q-1;. The van der Waals surface area contributed by atoms with Gasteiger partial charge in [-0.05, 0) is 17.8 Å². The first-order valence-corrected chi connectivity index (χ1v) is 6.70. The van der Waals surface area contributed by atoms with E-state index in [9.17, 15) is 13.2 Å². The number of hydrogen-bond donors (Lipinski definition) is 0. The molecule has 0 saturated heterocycles. The summed E-state index contributed by atoms with van der Waals surface area (Å²) < 4.78 is 39.3. The van der Waals surface area contributed by atoms with Crippen LogP contribution in [0.2, 0.25) is 0 Å². The van der Waals surface area contributed by atoms with E-state index in [1.54, 1.807) is 19.1 Å². The molecule has 2 rings (SSSR count). The van der Waals surface area contributed by atoms with Crippen LogP contribution in [0.25, 0.3) is 5.70 Å². The van der Waals surface area contributed by atoms with Gasteiger partial charge in [-0.1, -0.05) is 34.8 Å². The van der Waals surface area contributed by atoms with Crippen molar-refractivity contribution in [2.24, 2.45) is 0 Å². The molecular weight excluding hydrogens is 420 g/mol. The van der Waals surface area contributed by atoms with E-state index >= 15 is 0 Å². The maximum atomic E-state index is 13.2. The van der Waals surface area contributed by atoms with Crippen LogP contribution in [-0.2, 0) is 32.7 Å². The molecule has 0 atom stereocenters. The zero-order valence-corrected chi connectivity index (χ0v) is 15.8. The summed E-state index contributed by atoms with van der Waals surface area (Å²) in [5, 5.41) is 0. The summed E-state index contributed by atoms with van der Waals surface area (Å²) in [6.45, 7) is 5.04. The van der Waals surface area contributed by atoms with Crippen molar-refractivity contribution in [1.82, 2.24) is 4.90 Å². The minimum absolute atomic E-state index is 0. The third-order valence-electron chi connectivity index (χ3n) is 2.97. The molecule has 1 heterocycles. The number of alkyl halides is 2. The summed E-state index contributed by atoms with van der Waals surface area (Å²) in [5.41, 5.74) is 2.22. The smallest absolute Gasteiger partial charge is 0.256 e. The SMILES string of the molecule is C=C1C(Br)=C[C-]=C(c2ccc(F)cc2C)N1CC(F)F.[Y]. The molecule has 109 valence electrons. The molecule has 6 heteroatoms. The normalized spacial score (nSPS) is 14.8. The first-order valence-electron chi connectivity index (χ1n) is 5.91. The number of rotatable bonds is 3. The predicted octanol–water partition coefficient (Wildman–Crippen LogP) is 4.65. The van der Waals surface area contributed by atoms with E-state index in [1.807, 2.05) is 0 Å². The molecule has 0 bridgehead atoms. The van der Waals surface area contributed by atoms with Gasteiger partial charge in [0.25, 0.3) is 6.43 Å². The minimum atomic E-state index is -2.51. The second kappa shape index (κ2) is 7.75. The fourth-order valence-electron chi connectivity index (χ4n) is 2.01. The van der Waals surface area contributed by atoms with E-state index in [0.29, 0.717) is 27.0 Å². The van der Waals surface area contributed by atoms with E-state index in [0.717, 1.165) is 0 Å². The molecule has 1 aromatic rings. The number of aryl methyl sites for hydroxylation is 1. The van der Waals surface area contributed by atoms with E-state index < -0.39 is 13.0 Å². The molecule has 1 aliphatic heterocycles. The third kappa shape index (κ3) is 4.30. The molecule has 21 heavy (non-hydrogen) atoms. The maximum absolute atomic E-state index is 13.2. The van der Waals surface area contributed by atoms with Crippen molar-refractivity contribution >= 4 is 21.6 Å². The Balaban J connectivity index is 0.00000220. The number of halogens is 4. The van der Waals surface area contributed by atoms with Crippen molar-refractivity contribution in [3.05, 3.63) is 64.1 Å². The molecule has 0 aromatic heterocycles. The zero-order valence-electron chi connectivity index (χ0n) is 11.3. The Morgan fingerprint density at radius 3 is 2.62 bits per heavy atom. The maximum Gasteiger partial charge on any atom is 0.256 e. The summed E-state index contributed by atoms with van der Waals surface area (Å²) in [7, 11) is 0. The van der Waals surface area contributed by atoms with Crippen molar-refractivity contribution in [2.75, 3.05) is 6.54 Å². The topological polar surface area (TPSA) is 3.24 Å². The number of allylic oxidation sites excluding steroid dienone is 3. The van der Waals surface area contributed by atoms with Gasteiger partial charge in [-0.2, -0.15) is 12.2 Å². The van der Waals surface area contributed by atoms with Crippen LogP contribution < -0.4 is 0 Å². The molecule has 0 unspecified atom stereocenters. The zero-order chi connectivity index (χ0) is 14.9. The summed E-state index contributed by atoms with van der Waals surface area (Å²) >= 11 is 3.25. The quantitative estimate of drug-likeness (QED) is 0.629. The molecule has 0 aliphatic carbocycles. The third-order valence-corrected chi connectivity index (χ3v) is 3.66. The van der Waals surface area contributed by atoms with Crippen LogP contribution in [0.5, 0.6) is 0 Å². The van der Waals surface area contributed by atoms with Gasteiger partial charge in [0, 0.05) is 32.7 Å². The Kier molecular flexibility index (Phi) is 6.89. The molecular formula is C15H12BrF3NY-. The Hall–Kier alpha value is -0.386. The minimum Gasteiger partial charge on any atom is -0.369 e. The number of benzene rings is 1. The Labute approximate surface area is 155 Å². The molecule has 0 spiro atoms. The average Bonchev–Trinajstić information content (AvgIpc) is 2.36. The molecule has 1 radical (unpaired) electrons. The van der Waals surface area contributed by atoms with Crippen molar-refractivity contribution in [3.8, 4) is 0 Å². The van der Waals surface area contributed by atoms with Crippen LogP contribution in [0, 0.1) is 18.8 Å². The summed E-state index contributed by atoms with van der Waals surface area (Å²) in [4.78, 5) is 1.38. The Bertz CT molecular complexity index is 611. The molecule has 0 fully saturated rings. The summed E-state index contributed by atoms with van der Waals surface area (Å²) in [6, 6.07) is 4.22. The van der Waals surface area contributed by atoms with Crippen molar-refractivity contribution in [3.63, 3.8) is 0 Å². The summed E-state index contributed by atoms with van der Waals surface area (Å²) in [5.74, 6) is -0.362. The molecule has 1 nitrogen and oxygen atoms in total. The van der Waals surface area contributed by atoms with Crippen LogP contribution in [0.1, 0.15) is 11.1 Å². The predicted molar refractivity (Wildman–Crippen MR) is 76.6 cm³/mol. The van der Waals surface area contributed by atoms with Gasteiger partial charge in [-0.3, -0.25) is 0 Å². The van der Waals surface area contributed by atoms with Crippen LogP contribution in [0.4, 0.5) is 13.2 Å². The van der Waals surface area contributed by atoms with Gasteiger partial charge >= 0.3 is 0 Å². The molecule has 0 N–H and O–H groups in total. The van der Waals surface area contributed by atoms with E-state index in [1.165, 1.54) is 17.0 Å². The van der Waals surface area contributed by atoms with Gasteiger partial charge in [-0.15, -0.1) is 22.0 Å². The van der Waals surface area contributed by atoms with Gasteiger partial charge in [0.05, 0.1) is 6.54 Å². The van der Waals surface area contributed by atoms with Gasteiger partial charge in [-0.25, -0.2) is 13.2 Å². The van der Waals surface area contributed by atoms with E-state index in [-0.39, 0.29) is 38.5 Å². The second-order valence-electron chi connectivity index (χ2n) is 4.39. The number of nitrogens with zero attached hydrogens (tertiary/aromatic N) is 1. The monoisotopic (exact) mass is 431 g/mol. The van der Waals surface area contributed by atoms with Gasteiger partial charge in [0.2, 0.25) is 0 Å². The van der Waals surface area contributed by atoms with Crippen LogP contribution in [-0.4, -0.2) is 17.9 Å². The largest absolute Gasteiger partial charge is 0.369 e. The molecule has 0 saturated carbocycles. The van der Waals surface area contributed by atoms with Gasteiger partial charge < -0.3 is 4.90 Å². The van der Waals surface area contributed by atoms with Crippen LogP contribution in [0.3, 0.4) is 0 Å². The summed E-state index contributed by atoms with van der Waals surface area (Å²) in [6.07, 6.45) is 2.06. The van der Waals surface area contributed by atoms with E-state index in [4.69, 9.17) is 0 Å². The van der Waals surface area contributed by atoms with E-state index in [2.05, 4.69) is 28.6 Å².